The van der Waals surface area contributed by atoms with Crippen molar-refractivity contribution in [3.05, 3.63) is 87.0 Å². The van der Waals surface area contributed by atoms with Crippen LogP contribution in [0.1, 0.15) is 10.4 Å². The molecule has 10 nitrogen and oxygen atoms in total. The lowest BCUT2D eigenvalue weighted by Gasteiger charge is -2.11. The molecule has 4 rings (SSSR count). The molecule has 2 heterocycles. The number of nitro groups is 1. The Bertz CT molecular complexity index is 1320. The third-order valence-electron chi connectivity index (χ3n) is 4.73. The van der Waals surface area contributed by atoms with Gasteiger partial charge in [-0.1, -0.05) is 6.07 Å². The predicted octanol–water partition coefficient (Wildman–Crippen LogP) is 2.83. The number of pyridine rings is 1. The third-order valence-corrected chi connectivity index (χ3v) is 4.73. The Hall–Kier alpha value is -4.47. The molecule has 10 heteroatoms. The SMILES string of the molecule is COC(=O)c1cn(-c2cccc([N+](=O)[O-])c2)cc2c(=O)n(-c3ccc(OC)cc3)nc1-2. The van der Waals surface area contributed by atoms with Gasteiger partial charge in [0.25, 0.3) is 11.2 Å². The first-order valence-electron chi connectivity index (χ1n) is 9.05. The van der Waals surface area contributed by atoms with E-state index in [1.165, 1.54) is 54.1 Å². The van der Waals surface area contributed by atoms with Crippen molar-refractivity contribution in [3.8, 4) is 28.4 Å². The Labute approximate surface area is 175 Å². The maximum Gasteiger partial charge on any atom is 0.341 e. The van der Waals surface area contributed by atoms with Gasteiger partial charge < -0.3 is 14.0 Å². The number of hydrogen-bond donors (Lipinski definition) is 0. The number of fused-ring (bicyclic) bond motifs is 1. The van der Waals surface area contributed by atoms with E-state index >= 15 is 0 Å². The monoisotopic (exact) mass is 420 g/mol. The number of esters is 1. The van der Waals surface area contributed by atoms with E-state index in [2.05, 4.69) is 5.10 Å². The predicted molar refractivity (Wildman–Crippen MR) is 110 cm³/mol. The van der Waals surface area contributed by atoms with Crippen LogP contribution in [0.5, 0.6) is 5.75 Å². The normalized spacial score (nSPS) is 10.8. The van der Waals surface area contributed by atoms with Gasteiger partial charge in [-0.05, 0) is 30.3 Å². The lowest BCUT2D eigenvalue weighted by molar-refractivity contribution is -0.384. The number of benzene rings is 2. The first kappa shape index (κ1) is 19.8. The number of rotatable bonds is 5. The molecule has 2 aromatic rings. The quantitative estimate of drug-likeness (QED) is 0.277. The van der Waals surface area contributed by atoms with E-state index in [0.717, 1.165) is 0 Å². The second-order valence-electron chi connectivity index (χ2n) is 6.52. The van der Waals surface area contributed by atoms with Gasteiger partial charge in [0.15, 0.2) is 0 Å². The number of hydrogen-bond acceptors (Lipinski definition) is 7. The van der Waals surface area contributed by atoms with E-state index in [-0.39, 0.29) is 22.5 Å². The van der Waals surface area contributed by atoms with Crippen LogP contribution < -0.4 is 10.3 Å². The molecule has 2 aliphatic rings. The summed E-state index contributed by atoms with van der Waals surface area (Å²) in [4.78, 5) is 36.1. The highest BCUT2D eigenvalue weighted by Crippen LogP contribution is 2.26. The maximum absolute atomic E-state index is 13.1. The van der Waals surface area contributed by atoms with Crippen molar-refractivity contribution in [2.75, 3.05) is 14.2 Å². The fourth-order valence-electron chi connectivity index (χ4n) is 3.18. The number of nitro benzene ring substituents is 1. The van der Waals surface area contributed by atoms with Gasteiger partial charge in [-0.2, -0.15) is 9.78 Å². The fraction of sp³-hybridized carbons (Fsp3) is 0.0952. The summed E-state index contributed by atoms with van der Waals surface area (Å²) in [6, 6.07) is 12.5. The summed E-state index contributed by atoms with van der Waals surface area (Å²) in [6.07, 6.45) is 2.91. The molecule has 31 heavy (non-hydrogen) atoms. The standard InChI is InChI=1S/C21H16N4O6/c1-30-16-8-6-13(7-9-16)24-20(26)17-11-23(12-18(19(17)22-24)21(27)31-2)14-4-3-5-15(10-14)25(28)29/h3-12H,1-2H3. The van der Waals surface area contributed by atoms with Crippen LogP contribution >= 0.6 is 0 Å². The van der Waals surface area contributed by atoms with E-state index < -0.39 is 16.5 Å². The number of non-ortho nitro benzene ring substituents is 1. The number of carbonyl (C=O) groups excluding carboxylic acids is 1. The maximum atomic E-state index is 13.1. The topological polar surface area (TPSA) is 118 Å². The molecule has 0 amide bonds. The summed E-state index contributed by atoms with van der Waals surface area (Å²) in [5, 5.41) is 15.5. The van der Waals surface area contributed by atoms with E-state index in [9.17, 15) is 19.7 Å². The number of aromatic nitrogens is 3. The summed E-state index contributed by atoms with van der Waals surface area (Å²) in [6.45, 7) is 0. The van der Waals surface area contributed by atoms with E-state index in [4.69, 9.17) is 9.47 Å². The van der Waals surface area contributed by atoms with Gasteiger partial charge in [0.2, 0.25) is 0 Å². The molecule has 156 valence electrons. The zero-order valence-corrected chi connectivity index (χ0v) is 16.5. The van der Waals surface area contributed by atoms with E-state index in [1.54, 1.807) is 30.3 Å². The lowest BCUT2D eigenvalue weighted by atomic mass is 10.1. The van der Waals surface area contributed by atoms with Gasteiger partial charge in [-0.15, -0.1) is 0 Å². The molecule has 0 aliphatic carbocycles. The minimum atomic E-state index is -0.691. The minimum absolute atomic E-state index is 0.0517. The van der Waals surface area contributed by atoms with Gasteiger partial charge in [0.05, 0.1) is 36.1 Å². The van der Waals surface area contributed by atoms with E-state index in [1.807, 2.05) is 0 Å². The molecule has 0 saturated heterocycles. The average Bonchev–Trinajstić information content (AvgIpc) is 3.14. The Kier molecular flexibility index (Phi) is 4.96. The largest absolute Gasteiger partial charge is 0.497 e. The summed E-state index contributed by atoms with van der Waals surface area (Å²) in [5.74, 6) is -0.0733. The summed E-state index contributed by atoms with van der Waals surface area (Å²) in [5.41, 5.74) is 0.680. The zero-order valence-electron chi connectivity index (χ0n) is 16.5. The highest BCUT2D eigenvalue weighted by atomic mass is 16.6. The van der Waals surface area contributed by atoms with Gasteiger partial charge in [0.1, 0.15) is 17.0 Å². The Morgan fingerprint density at radius 2 is 1.81 bits per heavy atom. The van der Waals surface area contributed by atoms with Crippen LogP contribution in [0.4, 0.5) is 5.69 Å². The molecular weight excluding hydrogens is 404 g/mol. The molecular formula is C21H16N4O6. The van der Waals surface area contributed by atoms with Crippen LogP contribution in [0.2, 0.25) is 0 Å². The smallest absolute Gasteiger partial charge is 0.341 e. The Morgan fingerprint density at radius 1 is 1.06 bits per heavy atom. The summed E-state index contributed by atoms with van der Waals surface area (Å²) in [7, 11) is 2.75. The highest BCUT2D eigenvalue weighted by Gasteiger charge is 2.25. The number of ether oxygens (including phenoxy) is 2. The first-order chi connectivity index (χ1) is 14.9. The minimum Gasteiger partial charge on any atom is -0.497 e. The van der Waals surface area contributed by atoms with Crippen LogP contribution in [0.3, 0.4) is 0 Å². The van der Waals surface area contributed by atoms with E-state index in [0.29, 0.717) is 17.1 Å². The van der Waals surface area contributed by atoms with Crippen molar-refractivity contribution in [1.82, 2.24) is 14.3 Å². The van der Waals surface area contributed by atoms with Gasteiger partial charge >= 0.3 is 5.97 Å². The van der Waals surface area contributed by atoms with Crippen molar-refractivity contribution < 1.29 is 19.2 Å². The van der Waals surface area contributed by atoms with Gasteiger partial charge in [-0.3, -0.25) is 14.9 Å². The molecule has 0 aromatic heterocycles. The first-order valence-corrected chi connectivity index (χ1v) is 9.05. The molecule has 0 fully saturated rings. The van der Waals surface area contributed by atoms with Crippen LogP contribution in [-0.4, -0.2) is 39.5 Å². The van der Waals surface area contributed by atoms with Crippen LogP contribution in [-0.2, 0) is 4.74 Å². The number of carbonyl (C=O) groups is 1. The Balaban J connectivity index is 1.95. The van der Waals surface area contributed by atoms with Crippen LogP contribution in [0.25, 0.3) is 22.6 Å². The zero-order chi connectivity index (χ0) is 22.1. The van der Waals surface area contributed by atoms with Crippen molar-refractivity contribution in [2.45, 2.75) is 0 Å². The Morgan fingerprint density at radius 3 is 2.45 bits per heavy atom. The fourth-order valence-corrected chi connectivity index (χ4v) is 3.18. The second kappa shape index (κ2) is 7.75. The molecule has 0 saturated carbocycles. The second-order valence-corrected chi connectivity index (χ2v) is 6.52. The highest BCUT2D eigenvalue weighted by molar-refractivity contribution is 5.96. The lowest BCUT2D eigenvalue weighted by Crippen LogP contribution is -2.15. The van der Waals surface area contributed by atoms with Gasteiger partial charge in [-0.25, -0.2) is 4.79 Å². The number of methoxy groups -OCH3 is 2. The molecule has 0 radical (unpaired) electrons. The van der Waals surface area contributed by atoms with Crippen molar-refractivity contribution in [1.29, 1.82) is 0 Å². The molecule has 0 spiro atoms. The van der Waals surface area contributed by atoms with Crippen LogP contribution in [0.15, 0.2) is 65.7 Å². The average molecular weight is 420 g/mol. The third kappa shape index (κ3) is 3.50. The molecule has 0 atom stereocenters. The summed E-state index contributed by atoms with van der Waals surface area (Å²) >= 11 is 0. The summed E-state index contributed by atoms with van der Waals surface area (Å²) < 4.78 is 12.6. The van der Waals surface area contributed by atoms with Crippen molar-refractivity contribution >= 4 is 11.7 Å². The molecule has 0 N–H and O–H groups in total. The van der Waals surface area contributed by atoms with Gasteiger partial charge in [0, 0.05) is 24.5 Å². The molecule has 0 bridgehead atoms. The van der Waals surface area contributed by atoms with Crippen LogP contribution in [0, 0.1) is 10.1 Å². The molecule has 2 aromatic carbocycles. The molecule has 0 unspecified atom stereocenters. The number of nitrogens with zero attached hydrogens (tertiary/aromatic N) is 4. The van der Waals surface area contributed by atoms with Crippen molar-refractivity contribution in [3.63, 3.8) is 0 Å². The van der Waals surface area contributed by atoms with Crippen molar-refractivity contribution in [2.24, 2.45) is 0 Å². The molecule has 2 aliphatic heterocycles.